The van der Waals surface area contributed by atoms with Gasteiger partial charge in [-0.25, -0.2) is 0 Å². The second-order valence-electron chi connectivity index (χ2n) is 7.72. The van der Waals surface area contributed by atoms with E-state index >= 15 is 0 Å². The molecule has 3 amide bonds. The van der Waals surface area contributed by atoms with Crippen molar-refractivity contribution in [3.8, 4) is 5.75 Å². The molecule has 1 saturated heterocycles. The van der Waals surface area contributed by atoms with Gasteiger partial charge in [-0.05, 0) is 37.5 Å². The third-order valence-electron chi connectivity index (χ3n) is 5.55. The fourth-order valence-electron chi connectivity index (χ4n) is 3.94. The number of ether oxygens (including phenoxy) is 1. The van der Waals surface area contributed by atoms with Crippen LogP contribution in [0.15, 0.2) is 36.4 Å². The number of fused-ring (bicyclic) bond motifs is 1. The third kappa shape index (κ3) is 4.11. The number of carbonyl (C=O) groups excluding carboxylic acids is 3. The monoisotopic (exact) mass is 438 g/mol. The van der Waals surface area contributed by atoms with E-state index in [4.69, 9.17) is 4.74 Å². The summed E-state index contributed by atoms with van der Waals surface area (Å²) in [6.45, 7) is 2.51. The fourth-order valence-corrected chi connectivity index (χ4v) is 3.94. The van der Waals surface area contributed by atoms with Crippen LogP contribution >= 0.6 is 0 Å². The Kier molecular flexibility index (Phi) is 5.76. The molecule has 1 N–H and O–H groups in total. The molecule has 2 aromatic carbocycles. The first kappa shape index (κ1) is 21.3. The van der Waals surface area contributed by atoms with E-state index in [1.54, 1.807) is 30.0 Å². The largest absolute Gasteiger partial charge is 0.482 e. The number of rotatable bonds is 5. The van der Waals surface area contributed by atoms with Crippen molar-refractivity contribution >= 4 is 34.8 Å². The maximum Gasteiger partial charge on any atom is 0.271 e. The molecule has 2 heterocycles. The molecule has 0 atom stereocenters. The Morgan fingerprint density at radius 1 is 1.19 bits per heavy atom. The Balaban J connectivity index is 1.57. The van der Waals surface area contributed by atoms with Crippen molar-refractivity contribution in [3.05, 3.63) is 57.6 Å². The van der Waals surface area contributed by atoms with E-state index in [1.807, 2.05) is 0 Å². The summed E-state index contributed by atoms with van der Waals surface area (Å²) >= 11 is 0. The number of amides is 3. The molecule has 0 unspecified atom stereocenters. The van der Waals surface area contributed by atoms with Gasteiger partial charge in [0.05, 0.1) is 21.9 Å². The first-order chi connectivity index (χ1) is 15.3. The van der Waals surface area contributed by atoms with Gasteiger partial charge in [0, 0.05) is 25.2 Å². The second kappa shape index (κ2) is 8.66. The number of benzene rings is 2. The zero-order valence-electron chi connectivity index (χ0n) is 17.5. The predicted molar refractivity (Wildman–Crippen MR) is 116 cm³/mol. The minimum atomic E-state index is -0.583. The van der Waals surface area contributed by atoms with Gasteiger partial charge < -0.3 is 15.0 Å². The van der Waals surface area contributed by atoms with Crippen LogP contribution in [0.4, 0.5) is 17.1 Å². The normalized spacial score (nSPS) is 15.2. The summed E-state index contributed by atoms with van der Waals surface area (Å²) < 4.78 is 5.33. The highest BCUT2D eigenvalue weighted by atomic mass is 16.6. The van der Waals surface area contributed by atoms with Gasteiger partial charge in [0.1, 0.15) is 12.3 Å². The molecule has 1 fully saturated rings. The van der Waals surface area contributed by atoms with Crippen molar-refractivity contribution in [1.29, 1.82) is 0 Å². The molecule has 0 aliphatic carbocycles. The van der Waals surface area contributed by atoms with Gasteiger partial charge in [-0.1, -0.05) is 12.1 Å². The van der Waals surface area contributed by atoms with Gasteiger partial charge >= 0.3 is 0 Å². The van der Waals surface area contributed by atoms with E-state index in [0.29, 0.717) is 24.3 Å². The maximum absolute atomic E-state index is 13.0. The molecule has 0 saturated carbocycles. The molecule has 0 radical (unpaired) electrons. The van der Waals surface area contributed by atoms with Crippen molar-refractivity contribution in [1.82, 2.24) is 4.90 Å². The number of nitrogens with one attached hydrogen (secondary N) is 1. The van der Waals surface area contributed by atoms with Gasteiger partial charge in [0.2, 0.25) is 5.91 Å². The second-order valence-corrected chi connectivity index (χ2v) is 7.72. The smallest absolute Gasteiger partial charge is 0.271 e. The number of likely N-dealkylation sites (tertiary alicyclic amines) is 1. The van der Waals surface area contributed by atoms with E-state index in [2.05, 4.69) is 5.32 Å². The number of nitro groups is 1. The lowest BCUT2D eigenvalue weighted by Crippen LogP contribution is -2.43. The summed E-state index contributed by atoms with van der Waals surface area (Å²) in [6.07, 6.45) is 1.90. The van der Waals surface area contributed by atoms with Crippen LogP contribution < -0.4 is 15.0 Å². The highest BCUT2D eigenvalue weighted by Gasteiger charge is 2.30. The highest BCUT2D eigenvalue weighted by molar-refractivity contribution is 6.08. The lowest BCUT2D eigenvalue weighted by atomic mass is 10.0. The van der Waals surface area contributed by atoms with Crippen LogP contribution in [0.3, 0.4) is 0 Å². The van der Waals surface area contributed by atoms with E-state index < -0.39 is 16.7 Å². The van der Waals surface area contributed by atoms with Crippen LogP contribution in [0.1, 0.15) is 28.8 Å². The van der Waals surface area contributed by atoms with Gasteiger partial charge in [0.25, 0.3) is 17.5 Å². The number of aryl methyl sites for hydroxylation is 1. The van der Waals surface area contributed by atoms with Crippen molar-refractivity contribution in [3.63, 3.8) is 0 Å². The highest BCUT2D eigenvalue weighted by Crippen LogP contribution is 2.35. The van der Waals surface area contributed by atoms with Gasteiger partial charge in [-0.15, -0.1) is 0 Å². The molecule has 0 aromatic heterocycles. The standard InChI is InChI=1S/C22H22N4O6/c1-14-5-4-6-16(21(14)22(29)24-9-2-3-10-24)23-19(27)12-25-17-11-15(26(30)31)7-8-18(17)32-13-20(25)28/h4-8,11H,2-3,9-10,12-13H2,1H3,(H,23,27). The summed E-state index contributed by atoms with van der Waals surface area (Å²) in [4.78, 5) is 51.7. The maximum atomic E-state index is 13.0. The van der Waals surface area contributed by atoms with Crippen LogP contribution in [0.25, 0.3) is 0 Å². The number of nitro benzene ring substituents is 1. The van der Waals surface area contributed by atoms with Crippen LogP contribution in [-0.4, -0.2) is 53.8 Å². The number of hydrogen-bond donors (Lipinski definition) is 1. The number of non-ortho nitro benzene ring substituents is 1. The van der Waals surface area contributed by atoms with Gasteiger partial charge in [-0.3, -0.25) is 29.4 Å². The number of nitrogens with zero attached hydrogens (tertiary/aromatic N) is 3. The SMILES string of the molecule is Cc1cccc(NC(=O)CN2C(=O)COc3ccc([N+](=O)[O-])cc32)c1C(=O)N1CCCC1. The van der Waals surface area contributed by atoms with Crippen molar-refractivity contribution in [2.45, 2.75) is 19.8 Å². The molecule has 2 aliphatic heterocycles. The summed E-state index contributed by atoms with van der Waals surface area (Å²) in [6, 6.07) is 9.07. The quantitative estimate of drug-likeness (QED) is 0.565. The molecule has 0 bridgehead atoms. The summed E-state index contributed by atoms with van der Waals surface area (Å²) in [7, 11) is 0. The summed E-state index contributed by atoms with van der Waals surface area (Å²) in [5.41, 5.74) is 1.47. The predicted octanol–water partition coefficient (Wildman–Crippen LogP) is 2.50. The van der Waals surface area contributed by atoms with Crippen molar-refractivity contribution in [2.24, 2.45) is 0 Å². The van der Waals surface area contributed by atoms with E-state index in [9.17, 15) is 24.5 Å². The molecule has 2 aliphatic rings. The van der Waals surface area contributed by atoms with Gasteiger partial charge in [-0.2, -0.15) is 0 Å². The Hall–Kier alpha value is -3.95. The minimum absolute atomic E-state index is 0.140. The van der Waals surface area contributed by atoms with Crippen LogP contribution in [0, 0.1) is 17.0 Å². The number of carbonyl (C=O) groups is 3. The minimum Gasteiger partial charge on any atom is -0.482 e. The summed E-state index contributed by atoms with van der Waals surface area (Å²) in [5, 5.41) is 13.9. The Morgan fingerprint density at radius 2 is 1.94 bits per heavy atom. The first-order valence-corrected chi connectivity index (χ1v) is 10.3. The topological polar surface area (TPSA) is 122 Å². The number of hydrogen-bond acceptors (Lipinski definition) is 6. The fraction of sp³-hybridized carbons (Fsp3) is 0.318. The lowest BCUT2D eigenvalue weighted by molar-refractivity contribution is -0.384. The van der Waals surface area contributed by atoms with Crippen molar-refractivity contribution < 1.29 is 24.0 Å². The molecule has 10 nitrogen and oxygen atoms in total. The van der Waals surface area contributed by atoms with E-state index in [1.165, 1.54) is 18.2 Å². The van der Waals surface area contributed by atoms with Crippen LogP contribution in [0.2, 0.25) is 0 Å². The molecule has 166 valence electrons. The van der Waals surface area contributed by atoms with Crippen molar-refractivity contribution in [2.75, 3.05) is 36.5 Å². The lowest BCUT2D eigenvalue weighted by Gasteiger charge is -2.28. The van der Waals surface area contributed by atoms with E-state index in [0.717, 1.165) is 23.3 Å². The number of anilines is 2. The molecule has 32 heavy (non-hydrogen) atoms. The first-order valence-electron chi connectivity index (χ1n) is 10.3. The molecule has 0 spiro atoms. The van der Waals surface area contributed by atoms with Gasteiger partial charge in [0.15, 0.2) is 6.61 Å². The van der Waals surface area contributed by atoms with Crippen LogP contribution in [-0.2, 0) is 9.59 Å². The summed E-state index contributed by atoms with van der Waals surface area (Å²) in [5.74, 6) is -0.882. The molecular formula is C22H22N4O6. The molecular weight excluding hydrogens is 416 g/mol. The molecule has 4 rings (SSSR count). The Morgan fingerprint density at radius 3 is 2.66 bits per heavy atom. The molecule has 2 aromatic rings. The zero-order valence-corrected chi connectivity index (χ0v) is 17.5. The Bertz CT molecular complexity index is 1110. The van der Waals surface area contributed by atoms with Crippen LogP contribution in [0.5, 0.6) is 5.75 Å². The average molecular weight is 438 g/mol. The Labute approximate surface area is 183 Å². The van der Waals surface area contributed by atoms with E-state index in [-0.39, 0.29) is 36.2 Å². The molecule has 10 heteroatoms. The zero-order chi connectivity index (χ0) is 22.8. The average Bonchev–Trinajstić information content (AvgIpc) is 3.30. The third-order valence-corrected chi connectivity index (χ3v) is 5.55.